The summed E-state index contributed by atoms with van der Waals surface area (Å²) >= 11 is 0. The molecule has 6 nitrogen and oxygen atoms in total. The number of esters is 1. The second-order valence-corrected chi connectivity index (χ2v) is 5.48. The van der Waals surface area contributed by atoms with Crippen molar-refractivity contribution in [1.82, 2.24) is 0 Å². The first-order chi connectivity index (χ1) is 10.4. The number of hydrogen-bond donors (Lipinski definition) is 2. The summed E-state index contributed by atoms with van der Waals surface area (Å²) in [7, 11) is 0. The molecule has 0 saturated heterocycles. The predicted octanol–water partition coefficient (Wildman–Crippen LogP) is 1.90. The second-order valence-electron chi connectivity index (χ2n) is 5.48. The summed E-state index contributed by atoms with van der Waals surface area (Å²) in [6.07, 6.45) is 0.0854. The molecule has 1 aliphatic rings. The molecule has 1 heterocycles. The van der Waals surface area contributed by atoms with Crippen LogP contribution in [0.25, 0.3) is 0 Å². The molecule has 1 aromatic rings. The highest BCUT2D eigenvalue weighted by atomic mass is 16.5. The first-order valence-electron chi connectivity index (χ1n) is 7.16. The Morgan fingerprint density at radius 2 is 1.82 bits per heavy atom. The van der Waals surface area contributed by atoms with E-state index in [0.717, 1.165) is 6.07 Å². The third-order valence-corrected chi connectivity index (χ3v) is 3.59. The van der Waals surface area contributed by atoms with Gasteiger partial charge in [0.2, 0.25) is 0 Å². The van der Waals surface area contributed by atoms with Crippen molar-refractivity contribution in [2.24, 2.45) is 0 Å². The lowest BCUT2D eigenvalue weighted by Gasteiger charge is -2.16. The van der Waals surface area contributed by atoms with Crippen molar-refractivity contribution in [1.29, 1.82) is 0 Å². The van der Waals surface area contributed by atoms with Gasteiger partial charge in [-0.2, -0.15) is 0 Å². The van der Waals surface area contributed by atoms with Gasteiger partial charge in [0, 0.05) is 25.3 Å². The molecular formula is C16H18O6. The average molecular weight is 306 g/mol. The second kappa shape index (κ2) is 6.60. The monoisotopic (exact) mass is 306 g/mol. The number of phenols is 2. The van der Waals surface area contributed by atoms with Gasteiger partial charge in [-0.3, -0.25) is 14.4 Å². The summed E-state index contributed by atoms with van der Waals surface area (Å²) in [5.41, 5.74) is 0.170. The fourth-order valence-corrected chi connectivity index (χ4v) is 2.48. The van der Waals surface area contributed by atoms with Crippen LogP contribution in [0.4, 0.5) is 0 Å². The Kier molecular flexibility index (Phi) is 4.80. The third kappa shape index (κ3) is 3.84. The molecule has 0 amide bonds. The summed E-state index contributed by atoms with van der Waals surface area (Å²) < 4.78 is 5.18. The van der Waals surface area contributed by atoms with Gasteiger partial charge in [-0.25, -0.2) is 0 Å². The van der Waals surface area contributed by atoms with Crippen LogP contribution in [-0.2, 0) is 20.7 Å². The smallest absolute Gasteiger partial charge is 0.310 e. The van der Waals surface area contributed by atoms with Crippen LogP contribution in [0.1, 0.15) is 48.5 Å². The van der Waals surface area contributed by atoms with Crippen molar-refractivity contribution >= 4 is 17.5 Å². The highest BCUT2D eigenvalue weighted by molar-refractivity contribution is 6.02. The molecule has 0 spiro atoms. The van der Waals surface area contributed by atoms with E-state index < -0.39 is 23.6 Å². The lowest BCUT2D eigenvalue weighted by molar-refractivity contribution is -0.148. The molecule has 0 unspecified atom stereocenters. The number of aromatic hydroxyl groups is 2. The topological polar surface area (TPSA) is 101 Å². The molecule has 118 valence electrons. The normalized spacial score (nSPS) is 20.6. The Bertz CT molecular complexity index is 619. The van der Waals surface area contributed by atoms with Gasteiger partial charge in [-0.05, 0) is 25.0 Å². The highest BCUT2D eigenvalue weighted by Crippen LogP contribution is 2.30. The Balaban J connectivity index is 2.40. The Morgan fingerprint density at radius 1 is 1.09 bits per heavy atom. The number of Topliss-reactive ketones (excluding diaryl/α,β-unsaturated/α-hetero) is 2. The zero-order valence-electron chi connectivity index (χ0n) is 12.3. The number of ketones is 2. The fourth-order valence-electron chi connectivity index (χ4n) is 2.48. The van der Waals surface area contributed by atoms with Crippen molar-refractivity contribution in [2.75, 3.05) is 0 Å². The van der Waals surface area contributed by atoms with Crippen LogP contribution < -0.4 is 0 Å². The maximum atomic E-state index is 12.2. The summed E-state index contributed by atoms with van der Waals surface area (Å²) in [6.45, 7) is 1.70. The lowest BCUT2D eigenvalue weighted by atomic mass is 9.95. The van der Waals surface area contributed by atoms with Gasteiger partial charge < -0.3 is 14.9 Å². The van der Waals surface area contributed by atoms with Crippen molar-refractivity contribution in [3.05, 3.63) is 23.3 Å². The van der Waals surface area contributed by atoms with Crippen LogP contribution in [0.15, 0.2) is 12.1 Å². The van der Waals surface area contributed by atoms with Gasteiger partial charge in [-0.1, -0.05) is 0 Å². The minimum absolute atomic E-state index is 0.0317. The zero-order chi connectivity index (χ0) is 16.3. The summed E-state index contributed by atoms with van der Waals surface area (Å²) in [4.78, 5) is 35.9. The van der Waals surface area contributed by atoms with Gasteiger partial charge in [0.15, 0.2) is 5.78 Å². The molecule has 2 rings (SSSR count). The number of ether oxygens (including phenoxy) is 1. The number of benzene rings is 1. The molecule has 2 N–H and O–H groups in total. The molecule has 1 atom stereocenters. The maximum Gasteiger partial charge on any atom is 0.310 e. The molecule has 6 heteroatoms. The molecule has 0 saturated carbocycles. The van der Waals surface area contributed by atoms with Gasteiger partial charge >= 0.3 is 5.97 Å². The minimum Gasteiger partial charge on any atom is -0.508 e. The van der Waals surface area contributed by atoms with E-state index in [2.05, 4.69) is 0 Å². The number of carbonyl (C=O) groups excluding carboxylic acids is 3. The van der Waals surface area contributed by atoms with Crippen molar-refractivity contribution < 1.29 is 29.3 Å². The van der Waals surface area contributed by atoms with E-state index in [1.54, 1.807) is 6.92 Å². The molecule has 0 aliphatic carbocycles. The minimum atomic E-state index is -0.570. The van der Waals surface area contributed by atoms with Crippen LogP contribution in [0, 0.1) is 0 Å². The highest BCUT2D eigenvalue weighted by Gasteiger charge is 2.23. The molecule has 0 aromatic heterocycles. The largest absolute Gasteiger partial charge is 0.508 e. The quantitative estimate of drug-likeness (QED) is 0.710. The van der Waals surface area contributed by atoms with Crippen LogP contribution in [0.5, 0.6) is 11.5 Å². The van der Waals surface area contributed by atoms with E-state index in [9.17, 15) is 24.6 Å². The Morgan fingerprint density at radius 3 is 2.55 bits per heavy atom. The first-order valence-corrected chi connectivity index (χ1v) is 7.16. The van der Waals surface area contributed by atoms with Gasteiger partial charge in [0.05, 0.1) is 18.1 Å². The number of cyclic esters (lactones) is 1. The summed E-state index contributed by atoms with van der Waals surface area (Å²) in [5.74, 6) is -1.73. The van der Waals surface area contributed by atoms with Crippen molar-refractivity contribution in [3.63, 3.8) is 0 Å². The third-order valence-electron chi connectivity index (χ3n) is 3.59. The van der Waals surface area contributed by atoms with E-state index in [4.69, 9.17) is 4.74 Å². The van der Waals surface area contributed by atoms with Gasteiger partial charge in [0.25, 0.3) is 0 Å². The average Bonchev–Trinajstić information content (AvgIpc) is 2.40. The van der Waals surface area contributed by atoms with Crippen LogP contribution in [0.3, 0.4) is 0 Å². The predicted molar refractivity (Wildman–Crippen MR) is 76.8 cm³/mol. The number of rotatable bonds is 0. The molecule has 0 bridgehead atoms. The Hall–Kier alpha value is -2.37. The van der Waals surface area contributed by atoms with E-state index >= 15 is 0 Å². The van der Waals surface area contributed by atoms with E-state index in [1.165, 1.54) is 6.07 Å². The summed E-state index contributed by atoms with van der Waals surface area (Å²) in [6, 6.07) is 2.30. The van der Waals surface area contributed by atoms with Crippen LogP contribution in [0.2, 0.25) is 0 Å². The van der Waals surface area contributed by atoms with Gasteiger partial charge in [-0.15, -0.1) is 0 Å². The standard InChI is InChI=1S/C16H18O6/c1-9-2-3-11(17)4-5-13(19)16-10(7-15(21)22-9)6-12(18)8-14(16)20/h6,8-9,18,20H,2-5,7H2,1H3/t9-/m1/s1. The zero-order valence-corrected chi connectivity index (χ0v) is 12.3. The lowest BCUT2D eigenvalue weighted by Crippen LogP contribution is -2.20. The number of hydrogen-bond acceptors (Lipinski definition) is 6. The Labute approximate surface area is 127 Å². The maximum absolute atomic E-state index is 12.2. The van der Waals surface area contributed by atoms with Crippen molar-refractivity contribution in [2.45, 2.75) is 45.1 Å². The molecule has 22 heavy (non-hydrogen) atoms. The summed E-state index contributed by atoms with van der Waals surface area (Å²) in [5, 5.41) is 19.4. The molecular weight excluding hydrogens is 288 g/mol. The SMILES string of the molecule is C[C@@H]1CCC(=O)CCC(=O)c2c(O)cc(O)cc2CC(=O)O1. The number of phenolic OH excluding ortho intramolecular Hbond substituents is 2. The van der Waals surface area contributed by atoms with Crippen molar-refractivity contribution in [3.8, 4) is 11.5 Å². The number of carbonyl (C=O) groups is 3. The van der Waals surface area contributed by atoms with Crippen LogP contribution >= 0.6 is 0 Å². The number of fused-ring (bicyclic) bond motifs is 1. The van der Waals surface area contributed by atoms with Crippen LogP contribution in [-0.4, -0.2) is 33.9 Å². The van der Waals surface area contributed by atoms with Gasteiger partial charge in [0.1, 0.15) is 17.3 Å². The van der Waals surface area contributed by atoms with E-state index in [0.29, 0.717) is 6.42 Å². The van der Waals surface area contributed by atoms with E-state index in [1.807, 2.05) is 0 Å². The van der Waals surface area contributed by atoms with E-state index in [-0.39, 0.29) is 48.3 Å². The first kappa shape index (κ1) is 16.0. The molecule has 0 radical (unpaired) electrons. The molecule has 1 aliphatic heterocycles. The molecule has 0 fully saturated rings. The fraction of sp³-hybridized carbons (Fsp3) is 0.438. The molecule has 1 aromatic carbocycles.